The van der Waals surface area contributed by atoms with E-state index in [2.05, 4.69) is 10.2 Å². The second-order valence-corrected chi connectivity index (χ2v) is 7.76. The van der Waals surface area contributed by atoms with Gasteiger partial charge in [-0.05, 0) is 30.2 Å². The summed E-state index contributed by atoms with van der Waals surface area (Å²) in [4.78, 5) is 18.7. The topological polar surface area (TPSA) is 74.2 Å². The van der Waals surface area contributed by atoms with E-state index >= 15 is 0 Å². The number of benzene rings is 2. The Balaban J connectivity index is 1.74. The minimum atomic E-state index is -0.799. The number of aliphatic imine (C=N–C) groups is 1. The molecule has 0 spiro atoms. The molecule has 0 aromatic heterocycles. The molecule has 0 saturated carbocycles. The van der Waals surface area contributed by atoms with E-state index < -0.39 is 11.9 Å². The predicted octanol–water partition coefficient (Wildman–Crippen LogP) is 3.64. The number of carbonyl (C=O) groups is 1. The summed E-state index contributed by atoms with van der Waals surface area (Å²) in [7, 11) is 0. The number of para-hydroxylation sites is 1. The van der Waals surface area contributed by atoms with Gasteiger partial charge in [-0.1, -0.05) is 26.0 Å². The number of carboxylic acid groups (broad SMARTS) is 1. The average Bonchev–Trinajstić information content (AvgIpc) is 2.84. The van der Waals surface area contributed by atoms with Crippen LogP contribution in [0.5, 0.6) is 11.5 Å². The van der Waals surface area contributed by atoms with E-state index in [-0.39, 0.29) is 17.8 Å². The molecule has 29 heavy (non-hydrogen) atoms. The third-order valence-electron chi connectivity index (χ3n) is 5.44. The lowest BCUT2D eigenvalue weighted by Gasteiger charge is -2.39. The number of piperazine rings is 1. The first-order valence-corrected chi connectivity index (χ1v) is 9.80. The molecule has 2 aliphatic heterocycles. The van der Waals surface area contributed by atoms with Crippen molar-refractivity contribution in [3.63, 3.8) is 0 Å². The van der Waals surface area contributed by atoms with Gasteiger partial charge in [0.2, 0.25) is 0 Å². The molecule has 1 saturated heterocycles. The minimum absolute atomic E-state index is 0.000318. The predicted molar refractivity (Wildman–Crippen MR) is 108 cm³/mol. The third kappa shape index (κ3) is 3.82. The van der Waals surface area contributed by atoms with Crippen molar-refractivity contribution in [3.8, 4) is 11.5 Å². The summed E-state index contributed by atoms with van der Waals surface area (Å²) in [5.41, 5.74) is 1.35. The molecular formula is C22H24FN3O3. The molecule has 6 nitrogen and oxygen atoms in total. The zero-order valence-electron chi connectivity index (χ0n) is 16.4. The van der Waals surface area contributed by atoms with Crippen molar-refractivity contribution in [1.82, 2.24) is 10.2 Å². The molecule has 2 atom stereocenters. The van der Waals surface area contributed by atoms with Crippen molar-refractivity contribution >= 4 is 17.5 Å². The average molecular weight is 397 g/mol. The fourth-order valence-electron chi connectivity index (χ4n) is 4.07. The molecule has 4 rings (SSSR count). The normalized spacial score (nSPS) is 19.5. The number of nitrogens with zero attached hydrogens (tertiary/aromatic N) is 2. The fourth-order valence-corrected chi connectivity index (χ4v) is 4.07. The number of hydrogen-bond donors (Lipinski definition) is 2. The Hall–Kier alpha value is -2.93. The summed E-state index contributed by atoms with van der Waals surface area (Å²) in [5.74, 6) is -0.00753. The quantitative estimate of drug-likeness (QED) is 0.827. The summed E-state index contributed by atoms with van der Waals surface area (Å²) in [6, 6.07) is 11.6. The molecule has 2 aromatic carbocycles. The summed E-state index contributed by atoms with van der Waals surface area (Å²) >= 11 is 0. The van der Waals surface area contributed by atoms with Crippen LogP contribution >= 0.6 is 0 Å². The van der Waals surface area contributed by atoms with Gasteiger partial charge in [-0.25, -0.2) is 9.38 Å². The Labute approximate surface area is 169 Å². The Morgan fingerprint density at radius 2 is 2.07 bits per heavy atom. The Morgan fingerprint density at radius 1 is 1.28 bits per heavy atom. The molecule has 0 amide bonds. The van der Waals surface area contributed by atoms with Gasteiger partial charge in [-0.2, -0.15) is 0 Å². The Bertz CT molecular complexity index is 960. The van der Waals surface area contributed by atoms with Crippen LogP contribution in [0, 0.1) is 17.7 Å². The van der Waals surface area contributed by atoms with Gasteiger partial charge in [0.05, 0.1) is 11.5 Å². The molecule has 0 radical (unpaired) electrons. The maximum Gasteiger partial charge on any atom is 0.308 e. The lowest BCUT2D eigenvalue weighted by atomic mass is 9.87. The van der Waals surface area contributed by atoms with Crippen LogP contribution in [0.2, 0.25) is 0 Å². The van der Waals surface area contributed by atoms with E-state index in [1.165, 1.54) is 12.1 Å². The van der Waals surface area contributed by atoms with Crippen LogP contribution in [0.1, 0.15) is 19.4 Å². The number of halogens is 1. The van der Waals surface area contributed by atoms with Gasteiger partial charge < -0.3 is 20.1 Å². The molecule has 2 heterocycles. The first kappa shape index (κ1) is 19.4. The summed E-state index contributed by atoms with van der Waals surface area (Å²) in [5, 5.41) is 13.1. The van der Waals surface area contributed by atoms with Gasteiger partial charge in [0.1, 0.15) is 23.1 Å². The fraction of sp³-hybridized carbons (Fsp3) is 0.364. The number of aliphatic carboxylic acids is 1. The molecule has 0 bridgehead atoms. The summed E-state index contributed by atoms with van der Waals surface area (Å²) < 4.78 is 19.7. The number of ether oxygens (including phenoxy) is 1. The molecular weight excluding hydrogens is 373 g/mol. The SMILES string of the molecule is CC(C)C(C(=O)O)C1CN(C2=Nc3ccc(F)cc3Oc3ccccc32)CCN1. The van der Waals surface area contributed by atoms with E-state index in [0.29, 0.717) is 42.7 Å². The number of carboxylic acids is 1. The number of amidine groups is 1. The van der Waals surface area contributed by atoms with Crippen molar-refractivity contribution in [2.75, 3.05) is 19.6 Å². The zero-order chi connectivity index (χ0) is 20.5. The lowest BCUT2D eigenvalue weighted by molar-refractivity contribution is -0.144. The molecule has 7 heteroatoms. The second-order valence-electron chi connectivity index (χ2n) is 7.76. The van der Waals surface area contributed by atoms with Crippen molar-refractivity contribution in [3.05, 3.63) is 53.8 Å². The molecule has 2 aliphatic rings. The van der Waals surface area contributed by atoms with Crippen molar-refractivity contribution < 1.29 is 19.0 Å². The van der Waals surface area contributed by atoms with Crippen molar-refractivity contribution in [2.24, 2.45) is 16.8 Å². The Morgan fingerprint density at radius 3 is 2.83 bits per heavy atom. The van der Waals surface area contributed by atoms with Crippen molar-refractivity contribution in [1.29, 1.82) is 0 Å². The summed E-state index contributed by atoms with van der Waals surface area (Å²) in [6.45, 7) is 5.70. The van der Waals surface area contributed by atoms with E-state index in [1.54, 1.807) is 6.07 Å². The van der Waals surface area contributed by atoms with E-state index in [4.69, 9.17) is 9.73 Å². The molecule has 2 unspecified atom stereocenters. The van der Waals surface area contributed by atoms with Gasteiger partial charge in [0, 0.05) is 31.7 Å². The highest BCUT2D eigenvalue weighted by Gasteiger charge is 2.35. The first-order chi connectivity index (χ1) is 13.9. The van der Waals surface area contributed by atoms with E-state index in [9.17, 15) is 14.3 Å². The highest BCUT2D eigenvalue weighted by molar-refractivity contribution is 6.03. The maximum absolute atomic E-state index is 13.7. The van der Waals surface area contributed by atoms with Gasteiger partial charge in [0.15, 0.2) is 5.75 Å². The first-order valence-electron chi connectivity index (χ1n) is 9.80. The maximum atomic E-state index is 13.7. The third-order valence-corrected chi connectivity index (χ3v) is 5.44. The van der Waals surface area contributed by atoms with Gasteiger partial charge >= 0.3 is 5.97 Å². The van der Waals surface area contributed by atoms with Crippen LogP contribution in [0.15, 0.2) is 47.5 Å². The Kier molecular flexibility index (Phi) is 5.24. The number of fused-ring (bicyclic) bond motifs is 2. The van der Waals surface area contributed by atoms with E-state index in [0.717, 1.165) is 5.56 Å². The number of nitrogens with one attached hydrogen (secondary N) is 1. The highest BCUT2D eigenvalue weighted by Crippen LogP contribution is 2.38. The number of hydrogen-bond acceptors (Lipinski definition) is 5. The van der Waals surface area contributed by atoms with E-state index in [1.807, 2.05) is 38.1 Å². The lowest BCUT2D eigenvalue weighted by Crippen LogP contribution is -2.57. The second kappa shape index (κ2) is 7.83. The van der Waals surface area contributed by atoms with Crippen LogP contribution < -0.4 is 10.1 Å². The molecule has 152 valence electrons. The van der Waals surface area contributed by atoms with Crippen LogP contribution in [-0.2, 0) is 4.79 Å². The van der Waals surface area contributed by atoms with Gasteiger partial charge in [-0.15, -0.1) is 0 Å². The van der Waals surface area contributed by atoms with Crippen LogP contribution in [0.25, 0.3) is 0 Å². The standard InChI is InChI=1S/C22H24FN3O3/c1-13(2)20(22(27)28)17-12-26(10-9-24-17)21-15-5-3-4-6-18(15)29-19-11-14(23)7-8-16(19)25-21/h3-8,11,13,17,20,24H,9-10,12H2,1-2H3,(H,27,28). The minimum Gasteiger partial charge on any atom is -0.481 e. The molecule has 0 aliphatic carbocycles. The zero-order valence-corrected chi connectivity index (χ0v) is 16.4. The molecule has 2 N–H and O–H groups in total. The van der Waals surface area contributed by atoms with Crippen LogP contribution in [0.3, 0.4) is 0 Å². The van der Waals surface area contributed by atoms with Gasteiger partial charge in [0.25, 0.3) is 0 Å². The smallest absolute Gasteiger partial charge is 0.308 e. The largest absolute Gasteiger partial charge is 0.481 e. The van der Waals surface area contributed by atoms with Gasteiger partial charge in [-0.3, -0.25) is 4.79 Å². The molecule has 2 aromatic rings. The van der Waals surface area contributed by atoms with Crippen LogP contribution in [-0.4, -0.2) is 47.5 Å². The molecule has 1 fully saturated rings. The monoisotopic (exact) mass is 397 g/mol. The van der Waals surface area contributed by atoms with Crippen molar-refractivity contribution in [2.45, 2.75) is 19.9 Å². The highest BCUT2D eigenvalue weighted by atomic mass is 19.1. The summed E-state index contributed by atoms with van der Waals surface area (Å²) in [6.07, 6.45) is 0. The van der Waals surface area contributed by atoms with Crippen LogP contribution in [0.4, 0.5) is 10.1 Å². The number of rotatable bonds is 3.